The summed E-state index contributed by atoms with van der Waals surface area (Å²) in [5, 5.41) is 1.66. The number of hydrogen-bond donors (Lipinski definition) is 0. The Balaban J connectivity index is 2.05. The van der Waals surface area contributed by atoms with Crippen LogP contribution >= 0.6 is 11.6 Å². The van der Waals surface area contributed by atoms with Crippen molar-refractivity contribution < 1.29 is 4.79 Å². The van der Waals surface area contributed by atoms with Crippen molar-refractivity contribution in [3.8, 4) is 0 Å². The Morgan fingerprint density at radius 3 is 2.54 bits per heavy atom. The van der Waals surface area contributed by atoms with E-state index in [-0.39, 0.29) is 5.78 Å². The number of ketones is 1. The molecule has 3 aromatic rings. The normalized spacial score (nSPS) is 12.5. The minimum atomic E-state index is 0.0457. The van der Waals surface area contributed by atoms with Crippen molar-refractivity contribution in [3.63, 3.8) is 0 Å². The number of benzene rings is 2. The van der Waals surface area contributed by atoms with Crippen LogP contribution < -0.4 is 0 Å². The van der Waals surface area contributed by atoms with Crippen molar-refractivity contribution in [2.75, 3.05) is 0 Å². The molecule has 1 heterocycles. The Morgan fingerprint density at radius 2 is 1.83 bits per heavy atom. The van der Waals surface area contributed by atoms with E-state index in [1.54, 1.807) is 24.3 Å². The summed E-state index contributed by atoms with van der Waals surface area (Å²) in [6, 6.07) is 15.6. The van der Waals surface area contributed by atoms with Gasteiger partial charge in [0.1, 0.15) is 0 Å². The molecule has 0 saturated heterocycles. The maximum absolute atomic E-state index is 13.0. The summed E-state index contributed by atoms with van der Waals surface area (Å²) in [6.45, 7) is 4.43. The molecule has 3 heteroatoms. The summed E-state index contributed by atoms with van der Waals surface area (Å²) >= 11 is 5.94. The van der Waals surface area contributed by atoms with Crippen LogP contribution in [0.1, 0.15) is 55.1 Å². The minimum Gasteiger partial charge on any atom is -0.344 e. The van der Waals surface area contributed by atoms with Crippen LogP contribution in [0.25, 0.3) is 10.9 Å². The molecule has 0 saturated carbocycles. The minimum absolute atomic E-state index is 0.0457. The van der Waals surface area contributed by atoms with Crippen LogP contribution in [0, 0.1) is 0 Å². The number of nitrogens with zero attached hydrogens (tertiary/aromatic N) is 1. The zero-order valence-corrected chi connectivity index (χ0v) is 14.9. The molecule has 1 atom stereocenters. The van der Waals surface area contributed by atoms with E-state index in [1.807, 2.05) is 24.4 Å². The van der Waals surface area contributed by atoms with Gasteiger partial charge in [-0.3, -0.25) is 4.79 Å². The van der Waals surface area contributed by atoms with Gasteiger partial charge < -0.3 is 4.57 Å². The molecule has 0 radical (unpaired) electrons. The molecule has 2 nitrogen and oxygen atoms in total. The Hall–Kier alpha value is -2.06. The molecule has 0 bridgehead atoms. The van der Waals surface area contributed by atoms with Crippen LogP contribution in [-0.2, 0) is 0 Å². The molecule has 124 valence electrons. The number of hydrogen-bond acceptors (Lipinski definition) is 1. The van der Waals surface area contributed by atoms with E-state index in [2.05, 4.69) is 24.5 Å². The monoisotopic (exact) mass is 339 g/mol. The molecule has 0 aliphatic carbocycles. The van der Waals surface area contributed by atoms with Gasteiger partial charge >= 0.3 is 0 Å². The Morgan fingerprint density at radius 1 is 1.12 bits per heavy atom. The molecule has 2 aromatic carbocycles. The number of unbranched alkanes of at least 4 members (excludes halogenated alkanes) is 1. The highest BCUT2D eigenvalue weighted by Gasteiger charge is 2.18. The van der Waals surface area contributed by atoms with Gasteiger partial charge in [0.25, 0.3) is 0 Å². The van der Waals surface area contributed by atoms with Crippen LogP contribution in [0.2, 0.25) is 5.02 Å². The number of para-hydroxylation sites is 1. The van der Waals surface area contributed by atoms with E-state index in [4.69, 9.17) is 11.6 Å². The molecule has 0 aliphatic rings. The van der Waals surface area contributed by atoms with E-state index < -0.39 is 0 Å². The number of rotatable bonds is 6. The fourth-order valence-electron chi connectivity index (χ4n) is 3.15. The van der Waals surface area contributed by atoms with Gasteiger partial charge in [-0.25, -0.2) is 0 Å². The fraction of sp³-hybridized carbons (Fsp3) is 0.286. The first-order chi connectivity index (χ1) is 11.6. The third-order valence-corrected chi connectivity index (χ3v) is 4.79. The Labute approximate surface area is 148 Å². The first kappa shape index (κ1) is 16.8. The van der Waals surface area contributed by atoms with Gasteiger partial charge in [-0.15, -0.1) is 0 Å². The standard InChI is InChI=1S/C21H22ClNO/c1-3-4-7-15(2)23-14-19(18-8-5-6-9-20(18)23)21(24)16-10-12-17(22)13-11-16/h5-6,8-15H,3-4,7H2,1-2H3. The van der Waals surface area contributed by atoms with Crippen LogP contribution in [0.15, 0.2) is 54.7 Å². The quantitative estimate of drug-likeness (QED) is 0.484. The lowest BCUT2D eigenvalue weighted by atomic mass is 10.0. The first-order valence-electron chi connectivity index (χ1n) is 8.51. The molecular weight excluding hydrogens is 318 g/mol. The largest absolute Gasteiger partial charge is 0.344 e. The lowest BCUT2D eigenvalue weighted by Gasteiger charge is -2.14. The van der Waals surface area contributed by atoms with Gasteiger partial charge in [-0.05, 0) is 43.7 Å². The average Bonchev–Trinajstić information content (AvgIpc) is 2.99. The van der Waals surface area contributed by atoms with Crippen LogP contribution in [0.5, 0.6) is 0 Å². The molecule has 1 aromatic heterocycles. The van der Waals surface area contributed by atoms with E-state index in [1.165, 1.54) is 12.8 Å². The molecule has 0 amide bonds. The number of halogens is 1. The highest BCUT2D eigenvalue weighted by Crippen LogP contribution is 2.28. The van der Waals surface area contributed by atoms with Crippen molar-refractivity contribution in [1.29, 1.82) is 0 Å². The van der Waals surface area contributed by atoms with Crippen molar-refractivity contribution in [2.45, 2.75) is 39.2 Å². The smallest absolute Gasteiger partial charge is 0.195 e. The predicted molar refractivity (Wildman–Crippen MR) is 101 cm³/mol. The van der Waals surface area contributed by atoms with Gasteiger partial charge in [0.2, 0.25) is 0 Å². The van der Waals surface area contributed by atoms with Crippen molar-refractivity contribution in [1.82, 2.24) is 4.57 Å². The van der Waals surface area contributed by atoms with E-state index in [0.717, 1.165) is 22.9 Å². The zero-order chi connectivity index (χ0) is 17.1. The number of carbonyl (C=O) groups excluding carboxylic acids is 1. The van der Waals surface area contributed by atoms with E-state index in [9.17, 15) is 4.79 Å². The molecule has 0 spiro atoms. The van der Waals surface area contributed by atoms with Gasteiger partial charge in [0.15, 0.2) is 5.78 Å². The predicted octanol–water partition coefficient (Wildman–Crippen LogP) is 6.28. The van der Waals surface area contributed by atoms with Crippen molar-refractivity contribution >= 4 is 28.3 Å². The number of fused-ring (bicyclic) bond motifs is 1. The third kappa shape index (κ3) is 3.25. The lowest BCUT2D eigenvalue weighted by molar-refractivity contribution is 0.104. The summed E-state index contributed by atoms with van der Waals surface area (Å²) in [6.07, 6.45) is 5.50. The molecule has 24 heavy (non-hydrogen) atoms. The maximum Gasteiger partial charge on any atom is 0.195 e. The SMILES string of the molecule is CCCCC(C)n1cc(C(=O)c2ccc(Cl)cc2)c2ccccc21. The van der Waals surface area contributed by atoms with Crippen LogP contribution in [0.4, 0.5) is 0 Å². The summed E-state index contributed by atoms with van der Waals surface area (Å²) in [4.78, 5) is 13.0. The van der Waals surface area contributed by atoms with Crippen LogP contribution in [0.3, 0.4) is 0 Å². The number of aromatic nitrogens is 1. The highest BCUT2D eigenvalue weighted by atomic mass is 35.5. The van der Waals surface area contributed by atoms with Crippen molar-refractivity contribution in [3.05, 3.63) is 70.9 Å². The molecule has 0 aliphatic heterocycles. The molecule has 3 rings (SSSR count). The maximum atomic E-state index is 13.0. The van der Waals surface area contributed by atoms with E-state index >= 15 is 0 Å². The Bertz CT molecular complexity index is 848. The second-order valence-corrected chi connectivity index (χ2v) is 6.73. The van der Waals surface area contributed by atoms with Gasteiger partial charge in [0, 0.05) is 39.3 Å². The third-order valence-electron chi connectivity index (χ3n) is 4.54. The molecule has 1 unspecified atom stereocenters. The fourth-order valence-corrected chi connectivity index (χ4v) is 3.27. The summed E-state index contributed by atoms with van der Waals surface area (Å²) in [5.74, 6) is 0.0457. The molecule has 0 fully saturated rings. The topological polar surface area (TPSA) is 22.0 Å². The van der Waals surface area contributed by atoms with E-state index in [0.29, 0.717) is 16.6 Å². The summed E-state index contributed by atoms with van der Waals surface area (Å²) in [5.41, 5.74) is 2.55. The first-order valence-corrected chi connectivity index (χ1v) is 8.89. The summed E-state index contributed by atoms with van der Waals surface area (Å²) < 4.78 is 2.24. The average molecular weight is 340 g/mol. The van der Waals surface area contributed by atoms with Gasteiger partial charge in [-0.2, -0.15) is 0 Å². The second-order valence-electron chi connectivity index (χ2n) is 6.29. The zero-order valence-electron chi connectivity index (χ0n) is 14.1. The Kier molecular flexibility index (Phi) is 5.06. The number of carbonyl (C=O) groups is 1. The summed E-state index contributed by atoms with van der Waals surface area (Å²) in [7, 11) is 0. The van der Waals surface area contributed by atoms with Crippen LogP contribution in [-0.4, -0.2) is 10.4 Å². The van der Waals surface area contributed by atoms with Gasteiger partial charge in [0.05, 0.1) is 0 Å². The molecular formula is C21H22ClNO. The highest BCUT2D eigenvalue weighted by molar-refractivity contribution is 6.30. The van der Waals surface area contributed by atoms with Gasteiger partial charge in [-0.1, -0.05) is 49.6 Å². The van der Waals surface area contributed by atoms with Crippen molar-refractivity contribution in [2.24, 2.45) is 0 Å². The second kappa shape index (κ2) is 7.23. The lowest BCUT2D eigenvalue weighted by Crippen LogP contribution is -2.04. The molecule has 0 N–H and O–H groups in total.